The molecule has 1 aromatic heterocycles. The van der Waals surface area contributed by atoms with Gasteiger partial charge in [-0.05, 0) is 49.4 Å². The predicted molar refractivity (Wildman–Crippen MR) is 156 cm³/mol. The van der Waals surface area contributed by atoms with Crippen LogP contribution in [0.15, 0.2) is 82.6 Å². The third-order valence-corrected chi connectivity index (χ3v) is 9.51. The molecule has 6 rings (SSSR count). The number of nitrogens with zero attached hydrogens (tertiary/aromatic N) is 1. The number of anilines is 2. The molecule has 3 amide bonds. The maximum absolute atomic E-state index is 13.9. The maximum atomic E-state index is 13.9. The van der Waals surface area contributed by atoms with E-state index in [1.807, 2.05) is 25.1 Å². The molecule has 4 aromatic rings. The third kappa shape index (κ3) is 4.83. The Morgan fingerprint density at radius 2 is 1.73 bits per heavy atom. The van der Waals surface area contributed by atoms with Gasteiger partial charge >= 0.3 is 4.87 Å². The molecular formula is C29H22ClN3O5S2. The molecule has 2 aliphatic heterocycles. The average molecular weight is 592 g/mol. The Labute approximate surface area is 242 Å². The number of fused-ring (bicyclic) bond motifs is 2. The summed E-state index contributed by atoms with van der Waals surface area (Å²) in [7, 11) is 0. The van der Waals surface area contributed by atoms with Crippen molar-refractivity contribution in [2.24, 2.45) is 5.92 Å². The standard InChI is InChI=1S/C29H22ClN3O5S2/c1-15-6-12-18(13-7-15)33-27(35)23-22(24-26(32-29(37)40-24)39-25(23)28(33)36)19-4-2-3-5-20(19)38-14-21(34)31-17-10-8-16(30)9-11-17/h2-13,22-23,25H,14H2,1H3,(H,31,34)(H,32,37). The number of hydrogen-bond donors (Lipinski definition) is 2. The van der Waals surface area contributed by atoms with Crippen molar-refractivity contribution in [3.05, 3.63) is 103 Å². The molecule has 2 aliphatic rings. The van der Waals surface area contributed by atoms with Gasteiger partial charge in [0.15, 0.2) is 6.61 Å². The number of aryl methyl sites for hydroxylation is 1. The van der Waals surface area contributed by atoms with E-state index in [1.54, 1.807) is 54.6 Å². The number of nitrogens with one attached hydrogen (secondary N) is 2. The predicted octanol–water partition coefficient (Wildman–Crippen LogP) is 5.21. The number of carbonyl (C=O) groups is 3. The number of thioether (sulfide) groups is 1. The van der Waals surface area contributed by atoms with E-state index >= 15 is 0 Å². The van der Waals surface area contributed by atoms with Crippen molar-refractivity contribution in [3.8, 4) is 5.75 Å². The first-order valence-electron chi connectivity index (χ1n) is 12.4. The fourth-order valence-electron chi connectivity index (χ4n) is 5.04. The van der Waals surface area contributed by atoms with Gasteiger partial charge in [-0.3, -0.25) is 19.2 Å². The number of rotatable bonds is 6. The number of amides is 3. The number of benzene rings is 3. The monoisotopic (exact) mass is 591 g/mol. The topological polar surface area (TPSA) is 109 Å². The van der Waals surface area contributed by atoms with Crippen LogP contribution < -0.4 is 19.8 Å². The SMILES string of the molecule is Cc1ccc(N2C(=O)C3Sc4[nH]c(=O)sc4C(c4ccccc4OCC(=O)Nc4ccc(Cl)cc4)C3C2=O)cc1. The van der Waals surface area contributed by atoms with Crippen molar-refractivity contribution in [2.45, 2.75) is 23.1 Å². The quantitative estimate of drug-likeness (QED) is 0.298. The minimum atomic E-state index is -0.759. The van der Waals surface area contributed by atoms with Crippen molar-refractivity contribution in [3.63, 3.8) is 0 Å². The highest BCUT2D eigenvalue weighted by molar-refractivity contribution is 8.00. The molecule has 0 aliphatic carbocycles. The highest BCUT2D eigenvalue weighted by Gasteiger charge is 2.56. The summed E-state index contributed by atoms with van der Waals surface area (Å²) in [6.45, 7) is 1.65. The molecule has 3 atom stereocenters. The van der Waals surface area contributed by atoms with Gasteiger partial charge in [-0.15, -0.1) is 0 Å². The molecule has 1 fully saturated rings. The number of carbonyl (C=O) groups excluding carboxylic acids is 3. The molecule has 3 aromatic carbocycles. The highest BCUT2D eigenvalue weighted by atomic mass is 35.5. The van der Waals surface area contributed by atoms with Gasteiger partial charge in [0.1, 0.15) is 11.0 Å². The smallest absolute Gasteiger partial charge is 0.305 e. The van der Waals surface area contributed by atoms with E-state index < -0.39 is 17.1 Å². The van der Waals surface area contributed by atoms with E-state index in [-0.39, 0.29) is 29.2 Å². The van der Waals surface area contributed by atoms with E-state index in [1.165, 1.54) is 16.7 Å². The first-order valence-corrected chi connectivity index (χ1v) is 14.5. The lowest BCUT2D eigenvalue weighted by atomic mass is 9.82. The summed E-state index contributed by atoms with van der Waals surface area (Å²) >= 11 is 8.15. The number of halogens is 1. The van der Waals surface area contributed by atoms with Gasteiger partial charge in [-0.2, -0.15) is 0 Å². The van der Waals surface area contributed by atoms with Crippen LogP contribution in [0, 0.1) is 12.8 Å². The van der Waals surface area contributed by atoms with Crippen LogP contribution in [0.4, 0.5) is 11.4 Å². The van der Waals surface area contributed by atoms with Crippen molar-refractivity contribution < 1.29 is 19.1 Å². The zero-order valence-electron chi connectivity index (χ0n) is 21.1. The molecule has 8 nitrogen and oxygen atoms in total. The summed E-state index contributed by atoms with van der Waals surface area (Å²) in [5.41, 5.74) is 2.72. The Kier molecular flexibility index (Phi) is 6.99. The fraction of sp³-hybridized carbons (Fsp3) is 0.172. The Morgan fingerprint density at radius 3 is 2.48 bits per heavy atom. The van der Waals surface area contributed by atoms with E-state index in [4.69, 9.17) is 16.3 Å². The van der Waals surface area contributed by atoms with Crippen LogP contribution in [0.1, 0.15) is 21.9 Å². The van der Waals surface area contributed by atoms with Crippen LogP contribution >= 0.6 is 34.7 Å². The molecule has 3 heterocycles. The summed E-state index contributed by atoms with van der Waals surface area (Å²) < 4.78 is 5.97. The largest absolute Gasteiger partial charge is 0.483 e. The number of H-pyrrole nitrogens is 1. The molecule has 0 saturated carbocycles. The number of hydrogen-bond acceptors (Lipinski definition) is 7. The van der Waals surface area contributed by atoms with Gasteiger partial charge in [-0.1, -0.05) is 70.6 Å². The minimum Gasteiger partial charge on any atom is -0.483 e. The molecule has 0 radical (unpaired) electrons. The number of imide groups is 1. The zero-order valence-corrected chi connectivity index (χ0v) is 23.4. The molecule has 202 valence electrons. The van der Waals surface area contributed by atoms with Crippen molar-refractivity contribution in [1.82, 2.24) is 4.98 Å². The maximum Gasteiger partial charge on any atom is 0.305 e. The Balaban J connectivity index is 1.33. The van der Waals surface area contributed by atoms with E-state index in [2.05, 4.69) is 10.3 Å². The van der Waals surface area contributed by atoms with Crippen LogP contribution in [0.25, 0.3) is 0 Å². The average Bonchev–Trinajstić information content (AvgIpc) is 3.44. The van der Waals surface area contributed by atoms with Crippen LogP contribution in [0.3, 0.4) is 0 Å². The normalized spacial score (nSPS) is 19.8. The number of para-hydroxylation sites is 1. The number of thiazole rings is 1. The first-order chi connectivity index (χ1) is 19.3. The van der Waals surface area contributed by atoms with Crippen molar-refractivity contribution >= 4 is 63.8 Å². The second-order valence-corrected chi connectivity index (χ2v) is 12.1. The van der Waals surface area contributed by atoms with Crippen LogP contribution in [-0.4, -0.2) is 34.6 Å². The second kappa shape index (κ2) is 10.6. The van der Waals surface area contributed by atoms with Gasteiger partial charge < -0.3 is 15.0 Å². The highest BCUT2D eigenvalue weighted by Crippen LogP contribution is 2.54. The number of aromatic nitrogens is 1. The van der Waals surface area contributed by atoms with Gasteiger partial charge in [0, 0.05) is 27.1 Å². The van der Waals surface area contributed by atoms with Crippen LogP contribution in [0.2, 0.25) is 5.02 Å². The van der Waals surface area contributed by atoms with Crippen LogP contribution in [-0.2, 0) is 14.4 Å². The summed E-state index contributed by atoms with van der Waals surface area (Å²) in [5, 5.41) is 3.16. The van der Waals surface area contributed by atoms with E-state index in [0.717, 1.165) is 16.9 Å². The summed E-state index contributed by atoms with van der Waals surface area (Å²) in [4.78, 5) is 57.1. The lowest BCUT2D eigenvalue weighted by molar-refractivity contribution is -0.122. The summed E-state index contributed by atoms with van der Waals surface area (Å²) in [5.74, 6) is -2.02. The molecule has 0 spiro atoms. The Morgan fingerprint density at radius 1 is 1.00 bits per heavy atom. The van der Waals surface area contributed by atoms with Crippen LogP contribution in [0.5, 0.6) is 5.75 Å². The second-order valence-electron chi connectivity index (χ2n) is 9.48. The van der Waals surface area contributed by atoms with Gasteiger partial charge in [0.05, 0.1) is 16.6 Å². The molecule has 2 N–H and O–H groups in total. The van der Waals surface area contributed by atoms with Gasteiger partial charge in [-0.25, -0.2) is 4.90 Å². The molecule has 11 heteroatoms. The summed E-state index contributed by atoms with van der Waals surface area (Å²) in [6.07, 6.45) is 0. The molecular weight excluding hydrogens is 570 g/mol. The fourth-order valence-corrected chi connectivity index (χ4v) is 7.68. The third-order valence-electron chi connectivity index (χ3n) is 6.86. The molecule has 1 saturated heterocycles. The van der Waals surface area contributed by atoms with E-state index in [0.29, 0.717) is 37.6 Å². The Bertz CT molecular complexity index is 1680. The van der Waals surface area contributed by atoms with E-state index in [9.17, 15) is 19.2 Å². The molecule has 3 unspecified atom stereocenters. The number of aromatic amines is 1. The first kappa shape index (κ1) is 26.4. The zero-order chi connectivity index (χ0) is 28.0. The molecule has 40 heavy (non-hydrogen) atoms. The molecule has 0 bridgehead atoms. The van der Waals surface area contributed by atoms with Gasteiger partial charge in [0.2, 0.25) is 11.8 Å². The van der Waals surface area contributed by atoms with Gasteiger partial charge in [0.25, 0.3) is 5.91 Å². The minimum absolute atomic E-state index is 0.265. The Hall–Kier alpha value is -3.86. The number of ether oxygens (including phenoxy) is 1. The van der Waals surface area contributed by atoms with Crippen molar-refractivity contribution in [2.75, 3.05) is 16.8 Å². The lowest BCUT2D eigenvalue weighted by Gasteiger charge is -2.30. The van der Waals surface area contributed by atoms with Crippen molar-refractivity contribution in [1.29, 1.82) is 0 Å². The summed E-state index contributed by atoms with van der Waals surface area (Å²) in [6, 6.07) is 21.1. The lowest BCUT2D eigenvalue weighted by Crippen LogP contribution is -2.32.